The molecule has 98 valence electrons. The fraction of sp³-hybridized carbons (Fsp3) is 0.333. The van der Waals surface area contributed by atoms with Crippen molar-refractivity contribution in [2.45, 2.75) is 19.9 Å². The molecule has 4 nitrogen and oxygen atoms in total. The maximum atomic E-state index is 9.18. The normalized spacial score (nSPS) is 10.6. The summed E-state index contributed by atoms with van der Waals surface area (Å²) < 4.78 is 0. The molecule has 4 heteroatoms. The fourth-order valence-corrected chi connectivity index (χ4v) is 1.88. The number of nitriles is 1. The van der Waals surface area contributed by atoms with Gasteiger partial charge >= 0.3 is 0 Å². The summed E-state index contributed by atoms with van der Waals surface area (Å²) in [6.07, 6.45) is 0. The van der Waals surface area contributed by atoms with Crippen LogP contribution in [0.25, 0.3) is 10.9 Å². The highest BCUT2D eigenvalue weighted by atomic mass is 15.0. The van der Waals surface area contributed by atoms with E-state index in [1.54, 1.807) is 0 Å². The van der Waals surface area contributed by atoms with Gasteiger partial charge in [0.2, 0.25) is 0 Å². The average molecular weight is 254 g/mol. The Bertz CT molecular complexity index is 599. The minimum atomic E-state index is 0.460. The molecule has 0 fully saturated rings. The fourth-order valence-electron chi connectivity index (χ4n) is 1.88. The summed E-state index contributed by atoms with van der Waals surface area (Å²) in [7, 11) is 0. The summed E-state index contributed by atoms with van der Waals surface area (Å²) in [5.74, 6) is 0.659. The highest BCUT2D eigenvalue weighted by Gasteiger charge is 2.05. The second-order valence-electron chi connectivity index (χ2n) is 4.72. The molecule has 1 aromatic carbocycles. The highest BCUT2D eigenvalue weighted by molar-refractivity contribution is 5.82. The van der Waals surface area contributed by atoms with Gasteiger partial charge in [0.15, 0.2) is 0 Å². The Labute approximate surface area is 113 Å². The van der Waals surface area contributed by atoms with Crippen molar-refractivity contribution >= 4 is 16.7 Å². The zero-order chi connectivity index (χ0) is 13.7. The van der Waals surface area contributed by atoms with Gasteiger partial charge in [0, 0.05) is 24.5 Å². The van der Waals surface area contributed by atoms with E-state index in [1.807, 2.05) is 30.3 Å². The van der Waals surface area contributed by atoms with E-state index in [0.29, 0.717) is 17.4 Å². The minimum absolute atomic E-state index is 0.460. The van der Waals surface area contributed by atoms with Crippen LogP contribution in [0.4, 0.5) is 5.82 Å². The van der Waals surface area contributed by atoms with Crippen LogP contribution in [-0.2, 0) is 0 Å². The number of fused-ring (bicyclic) bond motifs is 1. The highest BCUT2D eigenvalue weighted by Crippen LogP contribution is 2.19. The standard InChI is InChI=1S/C15H18N4/c1-11(2)17-7-8-18-15-13(10-16)9-12-5-3-4-6-14(12)19-15/h3-6,9,11,17H,7-8H2,1-2H3,(H,18,19). The maximum Gasteiger partial charge on any atom is 0.144 e. The molecule has 0 aliphatic heterocycles. The molecular formula is C15H18N4. The topological polar surface area (TPSA) is 60.7 Å². The Kier molecular flexibility index (Phi) is 4.32. The van der Waals surface area contributed by atoms with Crippen molar-refractivity contribution in [1.82, 2.24) is 10.3 Å². The largest absolute Gasteiger partial charge is 0.368 e. The summed E-state index contributed by atoms with van der Waals surface area (Å²) in [6, 6.07) is 12.3. The summed E-state index contributed by atoms with van der Waals surface area (Å²) in [6.45, 7) is 5.80. The number of hydrogen-bond acceptors (Lipinski definition) is 4. The van der Waals surface area contributed by atoms with Crippen LogP contribution in [0.2, 0.25) is 0 Å². The Balaban J connectivity index is 2.15. The van der Waals surface area contributed by atoms with E-state index < -0.39 is 0 Å². The van der Waals surface area contributed by atoms with Gasteiger partial charge in [0.05, 0.1) is 11.1 Å². The predicted molar refractivity (Wildman–Crippen MR) is 78.1 cm³/mol. The van der Waals surface area contributed by atoms with Gasteiger partial charge in [0.1, 0.15) is 11.9 Å². The minimum Gasteiger partial charge on any atom is -0.368 e. The molecule has 2 N–H and O–H groups in total. The molecule has 0 radical (unpaired) electrons. The smallest absolute Gasteiger partial charge is 0.144 e. The maximum absolute atomic E-state index is 9.18. The van der Waals surface area contributed by atoms with Gasteiger partial charge < -0.3 is 10.6 Å². The number of rotatable bonds is 5. The number of aromatic nitrogens is 1. The molecule has 0 bridgehead atoms. The van der Waals surface area contributed by atoms with Gasteiger partial charge in [-0.05, 0) is 12.1 Å². The van der Waals surface area contributed by atoms with Crippen molar-refractivity contribution in [3.8, 4) is 6.07 Å². The third-order valence-electron chi connectivity index (χ3n) is 2.81. The van der Waals surface area contributed by atoms with Crippen LogP contribution in [0.3, 0.4) is 0 Å². The van der Waals surface area contributed by atoms with Gasteiger partial charge in [-0.2, -0.15) is 5.26 Å². The predicted octanol–water partition coefficient (Wildman–Crippen LogP) is 2.52. The van der Waals surface area contributed by atoms with E-state index in [-0.39, 0.29) is 0 Å². The van der Waals surface area contributed by atoms with Crippen LogP contribution in [0.5, 0.6) is 0 Å². The lowest BCUT2D eigenvalue weighted by Crippen LogP contribution is -2.28. The first-order chi connectivity index (χ1) is 9.20. The van der Waals surface area contributed by atoms with Gasteiger partial charge in [-0.3, -0.25) is 0 Å². The molecule has 2 aromatic rings. The first-order valence-electron chi connectivity index (χ1n) is 6.48. The van der Waals surface area contributed by atoms with Crippen molar-refractivity contribution in [3.05, 3.63) is 35.9 Å². The van der Waals surface area contributed by atoms with Crippen LogP contribution in [0, 0.1) is 11.3 Å². The number of nitrogens with zero attached hydrogens (tertiary/aromatic N) is 2. The van der Waals surface area contributed by atoms with E-state index in [4.69, 9.17) is 0 Å². The molecular weight excluding hydrogens is 236 g/mol. The lowest BCUT2D eigenvalue weighted by Gasteiger charge is -2.11. The molecule has 0 aliphatic rings. The van der Waals surface area contributed by atoms with E-state index in [9.17, 15) is 5.26 Å². The summed E-state index contributed by atoms with van der Waals surface area (Å²) in [5.41, 5.74) is 1.49. The molecule has 1 heterocycles. The zero-order valence-corrected chi connectivity index (χ0v) is 11.3. The van der Waals surface area contributed by atoms with Crippen molar-refractivity contribution in [2.24, 2.45) is 0 Å². The molecule has 0 aliphatic carbocycles. The molecule has 0 amide bonds. The number of hydrogen-bond donors (Lipinski definition) is 2. The van der Waals surface area contributed by atoms with E-state index >= 15 is 0 Å². The summed E-state index contributed by atoms with van der Waals surface area (Å²) >= 11 is 0. The Morgan fingerprint density at radius 2 is 2.05 bits per heavy atom. The Morgan fingerprint density at radius 1 is 1.26 bits per heavy atom. The Hall–Kier alpha value is -2.12. The van der Waals surface area contributed by atoms with Crippen LogP contribution >= 0.6 is 0 Å². The number of pyridine rings is 1. The van der Waals surface area contributed by atoms with Crippen molar-refractivity contribution in [2.75, 3.05) is 18.4 Å². The van der Waals surface area contributed by atoms with Crippen molar-refractivity contribution in [3.63, 3.8) is 0 Å². The van der Waals surface area contributed by atoms with Gasteiger partial charge in [-0.1, -0.05) is 32.0 Å². The Morgan fingerprint density at radius 3 is 2.79 bits per heavy atom. The lowest BCUT2D eigenvalue weighted by atomic mass is 10.1. The quantitative estimate of drug-likeness (QED) is 0.805. The third kappa shape index (κ3) is 3.43. The van der Waals surface area contributed by atoms with Crippen LogP contribution in [-0.4, -0.2) is 24.1 Å². The first kappa shape index (κ1) is 13.3. The summed E-state index contributed by atoms with van der Waals surface area (Å²) in [4.78, 5) is 4.50. The number of benzene rings is 1. The molecule has 0 saturated carbocycles. The van der Waals surface area contributed by atoms with E-state index in [1.165, 1.54) is 0 Å². The van der Waals surface area contributed by atoms with Crippen LogP contribution < -0.4 is 10.6 Å². The zero-order valence-electron chi connectivity index (χ0n) is 11.3. The number of para-hydroxylation sites is 1. The van der Waals surface area contributed by atoms with Crippen molar-refractivity contribution in [1.29, 1.82) is 5.26 Å². The molecule has 0 saturated heterocycles. The SMILES string of the molecule is CC(C)NCCNc1nc2ccccc2cc1C#N. The second-order valence-corrected chi connectivity index (χ2v) is 4.72. The van der Waals surface area contributed by atoms with Gasteiger partial charge in [0.25, 0.3) is 0 Å². The third-order valence-corrected chi connectivity index (χ3v) is 2.81. The van der Waals surface area contributed by atoms with Crippen molar-refractivity contribution < 1.29 is 0 Å². The monoisotopic (exact) mass is 254 g/mol. The van der Waals surface area contributed by atoms with Gasteiger partial charge in [-0.25, -0.2) is 4.98 Å². The number of nitrogens with one attached hydrogen (secondary N) is 2. The first-order valence-corrected chi connectivity index (χ1v) is 6.48. The molecule has 0 atom stereocenters. The summed E-state index contributed by atoms with van der Waals surface area (Å²) in [5, 5.41) is 16.7. The molecule has 19 heavy (non-hydrogen) atoms. The van der Waals surface area contributed by atoms with Crippen LogP contribution in [0.1, 0.15) is 19.4 Å². The number of anilines is 1. The lowest BCUT2D eigenvalue weighted by molar-refractivity contribution is 0.602. The molecule has 2 rings (SSSR count). The van der Waals surface area contributed by atoms with Crippen LogP contribution in [0.15, 0.2) is 30.3 Å². The average Bonchev–Trinajstić information content (AvgIpc) is 2.42. The van der Waals surface area contributed by atoms with E-state index in [2.05, 4.69) is 35.5 Å². The van der Waals surface area contributed by atoms with Gasteiger partial charge in [-0.15, -0.1) is 0 Å². The molecule has 1 aromatic heterocycles. The second kappa shape index (κ2) is 6.17. The van der Waals surface area contributed by atoms with E-state index in [0.717, 1.165) is 24.0 Å². The molecule has 0 spiro atoms. The molecule has 0 unspecified atom stereocenters.